The summed E-state index contributed by atoms with van der Waals surface area (Å²) in [5.41, 5.74) is 1.76. The fourth-order valence-corrected chi connectivity index (χ4v) is 6.35. The Kier molecular flexibility index (Phi) is 7.55. The lowest BCUT2D eigenvalue weighted by atomic mass is 9.95. The highest BCUT2D eigenvalue weighted by Crippen LogP contribution is 2.45. The van der Waals surface area contributed by atoms with Crippen molar-refractivity contribution < 1.29 is 14.7 Å². The molecular formula is C26H16Cl3N3O3S2. The first-order valence-corrected chi connectivity index (χ1v) is 13.8. The lowest BCUT2D eigenvalue weighted by Gasteiger charge is -2.22. The van der Waals surface area contributed by atoms with Gasteiger partial charge in [0, 0.05) is 16.3 Å². The highest BCUT2D eigenvalue weighted by molar-refractivity contribution is 8.00. The number of benzene rings is 3. The maximum atomic E-state index is 13.3. The minimum absolute atomic E-state index is 0.0740. The second kappa shape index (κ2) is 10.8. The zero-order valence-electron chi connectivity index (χ0n) is 18.8. The first-order valence-electron chi connectivity index (χ1n) is 10.9. The van der Waals surface area contributed by atoms with Crippen LogP contribution in [0.3, 0.4) is 0 Å². The zero-order valence-corrected chi connectivity index (χ0v) is 22.7. The van der Waals surface area contributed by atoms with Crippen molar-refractivity contribution >= 4 is 80.5 Å². The van der Waals surface area contributed by atoms with Gasteiger partial charge >= 0.3 is 5.91 Å². The summed E-state index contributed by atoms with van der Waals surface area (Å²) in [6, 6.07) is 19.9. The highest BCUT2D eigenvalue weighted by Gasteiger charge is 2.48. The number of carbonyl (C=O) groups excluding carboxylic acids is 2. The number of aliphatic hydroxyl groups is 1. The van der Waals surface area contributed by atoms with Crippen molar-refractivity contribution in [2.45, 2.75) is 16.1 Å². The van der Waals surface area contributed by atoms with E-state index in [2.05, 4.69) is 10.2 Å². The molecule has 1 amide bonds. The van der Waals surface area contributed by atoms with Crippen LogP contribution in [0.2, 0.25) is 15.1 Å². The summed E-state index contributed by atoms with van der Waals surface area (Å²) in [4.78, 5) is 27.8. The average molecular weight is 589 g/mol. The van der Waals surface area contributed by atoms with Crippen LogP contribution < -0.4 is 4.90 Å². The number of Topliss-reactive ketones (excluding diaryl/α,β-unsaturated/α-hetero) is 1. The van der Waals surface area contributed by atoms with Crippen molar-refractivity contribution in [3.05, 3.63) is 110 Å². The number of carbonyl (C=O) groups is 2. The Bertz CT molecular complexity index is 1540. The van der Waals surface area contributed by atoms with Gasteiger partial charge in [-0.2, -0.15) is 0 Å². The van der Waals surface area contributed by atoms with Crippen molar-refractivity contribution in [2.75, 3.05) is 4.90 Å². The number of anilines is 1. The van der Waals surface area contributed by atoms with E-state index in [0.29, 0.717) is 31.3 Å². The number of nitrogens with zero attached hydrogens (tertiary/aromatic N) is 3. The quantitative estimate of drug-likeness (QED) is 0.0830. The van der Waals surface area contributed by atoms with E-state index in [9.17, 15) is 14.7 Å². The molecule has 1 fully saturated rings. The first-order chi connectivity index (χ1) is 17.8. The summed E-state index contributed by atoms with van der Waals surface area (Å²) in [5.74, 6) is -1.40. The van der Waals surface area contributed by atoms with Crippen LogP contribution in [0.25, 0.3) is 5.76 Å². The van der Waals surface area contributed by atoms with Crippen LogP contribution in [0, 0.1) is 0 Å². The van der Waals surface area contributed by atoms with Gasteiger partial charge in [-0.3, -0.25) is 14.5 Å². The Labute approximate surface area is 235 Å². The maximum Gasteiger partial charge on any atom is 0.301 e. The van der Waals surface area contributed by atoms with Crippen LogP contribution in [-0.2, 0) is 15.3 Å². The SMILES string of the molecule is O=C1C(=O)N(c2nnc(SCc3ccccc3Cl)s2)C(c2ccc(Cl)c(Cl)c2)/C1=C(/O)c1ccccc1. The van der Waals surface area contributed by atoms with Crippen LogP contribution in [0.1, 0.15) is 22.7 Å². The van der Waals surface area contributed by atoms with Gasteiger partial charge in [0.2, 0.25) is 5.13 Å². The Morgan fingerprint density at radius 3 is 2.38 bits per heavy atom. The molecule has 2 heterocycles. The van der Waals surface area contributed by atoms with Gasteiger partial charge in [-0.25, -0.2) is 0 Å². The minimum Gasteiger partial charge on any atom is -0.507 e. The molecule has 1 aromatic heterocycles. The number of rotatable bonds is 6. The third-order valence-corrected chi connectivity index (χ3v) is 8.87. The van der Waals surface area contributed by atoms with E-state index < -0.39 is 17.7 Å². The van der Waals surface area contributed by atoms with Gasteiger partial charge in [0.1, 0.15) is 5.76 Å². The highest BCUT2D eigenvalue weighted by atomic mass is 35.5. The number of thioether (sulfide) groups is 1. The Hall–Kier alpha value is -2.88. The molecule has 1 aliphatic heterocycles. The monoisotopic (exact) mass is 587 g/mol. The molecule has 0 saturated carbocycles. The van der Waals surface area contributed by atoms with Gasteiger partial charge in [0.15, 0.2) is 4.34 Å². The van der Waals surface area contributed by atoms with Crippen LogP contribution in [-0.4, -0.2) is 27.0 Å². The van der Waals surface area contributed by atoms with Gasteiger partial charge in [-0.1, -0.05) is 112 Å². The molecule has 6 nitrogen and oxygen atoms in total. The van der Waals surface area contributed by atoms with E-state index in [4.69, 9.17) is 34.8 Å². The fourth-order valence-electron chi connectivity index (χ4n) is 3.89. The Morgan fingerprint density at radius 1 is 0.919 bits per heavy atom. The number of hydrogen-bond donors (Lipinski definition) is 1. The first kappa shape index (κ1) is 25.8. The summed E-state index contributed by atoms with van der Waals surface area (Å²) >= 11 is 21.2. The van der Waals surface area contributed by atoms with E-state index in [1.54, 1.807) is 48.5 Å². The largest absolute Gasteiger partial charge is 0.507 e. The molecule has 1 atom stereocenters. The molecule has 1 aliphatic rings. The van der Waals surface area contributed by atoms with E-state index in [1.165, 1.54) is 16.7 Å². The molecule has 1 saturated heterocycles. The van der Waals surface area contributed by atoms with Crippen LogP contribution in [0.5, 0.6) is 0 Å². The molecule has 4 aromatic rings. The topological polar surface area (TPSA) is 83.4 Å². The number of halogens is 3. The smallest absolute Gasteiger partial charge is 0.301 e. The predicted molar refractivity (Wildman–Crippen MR) is 149 cm³/mol. The lowest BCUT2D eigenvalue weighted by Crippen LogP contribution is -2.29. The van der Waals surface area contributed by atoms with Crippen molar-refractivity contribution in [1.29, 1.82) is 0 Å². The molecule has 5 rings (SSSR count). The number of aliphatic hydroxyl groups excluding tert-OH is 1. The lowest BCUT2D eigenvalue weighted by molar-refractivity contribution is -0.132. The Balaban J connectivity index is 1.56. The molecule has 3 aromatic carbocycles. The number of hydrogen-bond acceptors (Lipinski definition) is 7. The predicted octanol–water partition coefficient (Wildman–Crippen LogP) is 7.42. The fraction of sp³-hybridized carbons (Fsp3) is 0.0769. The van der Waals surface area contributed by atoms with Crippen LogP contribution in [0.4, 0.5) is 5.13 Å². The molecule has 0 radical (unpaired) electrons. The summed E-state index contributed by atoms with van der Waals surface area (Å²) in [7, 11) is 0. The molecule has 0 aliphatic carbocycles. The summed E-state index contributed by atoms with van der Waals surface area (Å²) in [5, 5.41) is 21.0. The van der Waals surface area contributed by atoms with Crippen molar-refractivity contribution in [3.8, 4) is 0 Å². The van der Waals surface area contributed by atoms with E-state index in [1.807, 2.05) is 24.3 Å². The molecule has 11 heteroatoms. The molecule has 0 bridgehead atoms. The second-order valence-electron chi connectivity index (χ2n) is 7.94. The van der Waals surface area contributed by atoms with E-state index >= 15 is 0 Å². The number of ketones is 1. The average Bonchev–Trinajstić information content (AvgIpc) is 3.47. The summed E-state index contributed by atoms with van der Waals surface area (Å²) in [6.07, 6.45) is 0. The standard InChI is InChI=1S/C26H16Cl3N3O3S2/c27-17-9-5-4-8-16(17)13-36-26-31-30-25(37-26)32-21(15-10-11-18(28)19(29)12-15)20(23(34)24(32)35)22(33)14-6-2-1-3-7-14/h1-12,21,33H,13H2/b22-20-. The van der Waals surface area contributed by atoms with Crippen LogP contribution in [0.15, 0.2) is 82.7 Å². The summed E-state index contributed by atoms with van der Waals surface area (Å²) in [6.45, 7) is 0. The number of aromatic nitrogens is 2. The van der Waals surface area contributed by atoms with E-state index in [-0.39, 0.29) is 21.5 Å². The Morgan fingerprint density at radius 2 is 1.65 bits per heavy atom. The zero-order chi connectivity index (χ0) is 26.1. The summed E-state index contributed by atoms with van der Waals surface area (Å²) < 4.78 is 0.591. The molecular weight excluding hydrogens is 573 g/mol. The normalized spacial score (nSPS) is 16.9. The van der Waals surface area contributed by atoms with Gasteiger partial charge in [0.25, 0.3) is 5.78 Å². The van der Waals surface area contributed by atoms with Gasteiger partial charge in [-0.05, 0) is 29.3 Å². The molecule has 186 valence electrons. The third kappa shape index (κ3) is 5.12. The molecule has 0 spiro atoms. The third-order valence-electron chi connectivity index (χ3n) is 5.66. The van der Waals surface area contributed by atoms with Gasteiger partial charge in [-0.15, -0.1) is 10.2 Å². The molecule has 37 heavy (non-hydrogen) atoms. The van der Waals surface area contributed by atoms with Gasteiger partial charge in [0.05, 0.1) is 21.7 Å². The molecule has 1 N–H and O–H groups in total. The molecule has 1 unspecified atom stereocenters. The van der Waals surface area contributed by atoms with Crippen molar-refractivity contribution in [2.24, 2.45) is 0 Å². The minimum atomic E-state index is -0.982. The van der Waals surface area contributed by atoms with Crippen LogP contribution >= 0.6 is 57.9 Å². The maximum absolute atomic E-state index is 13.3. The van der Waals surface area contributed by atoms with Crippen molar-refractivity contribution in [3.63, 3.8) is 0 Å². The second-order valence-corrected chi connectivity index (χ2v) is 11.3. The van der Waals surface area contributed by atoms with E-state index in [0.717, 1.165) is 16.9 Å². The van der Waals surface area contributed by atoms with Crippen molar-refractivity contribution in [1.82, 2.24) is 10.2 Å². The number of amides is 1. The van der Waals surface area contributed by atoms with Gasteiger partial charge < -0.3 is 5.11 Å².